The summed E-state index contributed by atoms with van der Waals surface area (Å²) in [5.41, 5.74) is 0.395. The first kappa shape index (κ1) is 22.2. The summed E-state index contributed by atoms with van der Waals surface area (Å²) in [6, 6.07) is 0. The highest BCUT2D eigenvalue weighted by molar-refractivity contribution is 7.89. The molecule has 1 N–H and O–H groups in total. The van der Waals surface area contributed by atoms with Crippen LogP contribution in [0.15, 0.2) is 9.42 Å². The Bertz CT molecular complexity index is 774. The van der Waals surface area contributed by atoms with E-state index in [0.717, 1.165) is 13.0 Å². The molecule has 2 aliphatic rings. The van der Waals surface area contributed by atoms with Crippen molar-refractivity contribution in [2.75, 3.05) is 39.3 Å². The van der Waals surface area contributed by atoms with Crippen LogP contribution in [0, 0.1) is 25.7 Å². The molecule has 9 heteroatoms. The van der Waals surface area contributed by atoms with Crippen molar-refractivity contribution in [1.29, 1.82) is 0 Å². The molecule has 3 rings (SSSR count). The minimum atomic E-state index is -3.60. The first-order chi connectivity index (χ1) is 13.8. The zero-order valence-electron chi connectivity index (χ0n) is 17.8. The lowest BCUT2D eigenvalue weighted by Gasteiger charge is -2.33. The van der Waals surface area contributed by atoms with Gasteiger partial charge in [-0.2, -0.15) is 4.31 Å². The molecule has 1 amide bonds. The number of aromatic nitrogens is 1. The van der Waals surface area contributed by atoms with Crippen LogP contribution in [-0.4, -0.2) is 68.0 Å². The number of nitrogens with one attached hydrogen (secondary N) is 1. The number of carbonyl (C=O) groups is 1. The molecule has 0 aromatic carbocycles. The topological polar surface area (TPSA) is 95.8 Å². The molecule has 8 nitrogen and oxygen atoms in total. The summed E-state index contributed by atoms with van der Waals surface area (Å²) in [7, 11) is -3.60. The summed E-state index contributed by atoms with van der Waals surface area (Å²) in [5, 5.41) is 6.83. The van der Waals surface area contributed by atoms with Gasteiger partial charge in [-0.25, -0.2) is 8.42 Å². The van der Waals surface area contributed by atoms with Crippen LogP contribution in [0.3, 0.4) is 0 Å². The van der Waals surface area contributed by atoms with E-state index in [4.69, 9.17) is 4.52 Å². The lowest BCUT2D eigenvalue weighted by atomic mass is 9.85. The molecule has 29 heavy (non-hydrogen) atoms. The Kier molecular flexibility index (Phi) is 7.34. The number of aryl methyl sites for hydroxylation is 2. The quantitative estimate of drug-likeness (QED) is 0.638. The van der Waals surface area contributed by atoms with Crippen LogP contribution in [0.4, 0.5) is 0 Å². The van der Waals surface area contributed by atoms with Gasteiger partial charge < -0.3 is 14.7 Å². The van der Waals surface area contributed by atoms with Gasteiger partial charge in [0.05, 0.1) is 0 Å². The SMILES string of the molecule is Cc1noc(C)c1S(=O)(=O)N1CCC([C@@H](C)C(=O)NCCCN2CCCC2)CC1. The third-order valence-electron chi connectivity index (χ3n) is 6.33. The van der Waals surface area contributed by atoms with Crippen molar-refractivity contribution in [3.05, 3.63) is 11.5 Å². The predicted octanol–water partition coefficient (Wildman–Crippen LogP) is 1.93. The van der Waals surface area contributed by atoms with Crippen LogP contribution in [0.2, 0.25) is 0 Å². The van der Waals surface area contributed by atoms with Crippen LogP contribution in [0.25, 0.3) is 0 Å². The summed E-state index contributed by atoms with van der Waals surface area (Å²) in [6.07, 6.45) is 4.92. The average molecular weight is 427 g/mol. The Labute approximate surface area is 174 Å². The predicted molar refractivity (Wildman–Crippen MR) is 110 cm³/mol. The Morgan fingerprint density at radius 2 is 1.86 bits per heavy atom. The van der Waals surface area contributed by atoms with Crippen molar-refractivity contribution in [3.8, 4) is 0 Å². The number of likely N-dealkylation sites (tertiary alicyclic amines) is 1. The smallest absolute Gasteiger partial charge is 0.248 e. The van der Waals surface area contributed by atoms with Crippen LogP contribution >= 0.6 is 0 Å². The number of nitrogens with zero attached hydrogens (tertiary/aromatic N) is 3. The number of rotatable bonds is 8. The third kappa shape index (κ3) is 5.19. The third-order valence-corrected chi connectivity index (χ3v) is 8.48. The average Bonchev–Trinajstić information content (AvgIpc) is 3.34. The second-order valence-corrected chi connectivity index (χ2v) is 10.3. The van der Waals surface area contributed by atoms with E-state index in [-0.39, 0.29) is 22.6 Å². The first-order valence-corrected chi connectivity index (χ1v) is 12.2. The molecular weight excluding hydrogens is 392 g/mol. The van der Waals surface area contributed by atoms with Gasteiger partial charge in [0.25, 0.3) is 0 Å². The lowest BCUT2D eigenvalue weighted by molar-refractivity contribution is -0.126. The number of carbonyl (C=O) groups excluding carboxylic acids is 1. The van der Waals surface area contributed by atoms with Crippen LogP contribution in [-0.2, 0) is 14.8 Å². The van der Waals surface area contributed by atoms with Gasteiger partial charge in [0.15, 0.2) is 5.76 Å². The highest BCUT2D eigenvalue weighted by atomic mass is 32.2. The van der Waals surface area contributed by atoms with E-state index in [1.807, 2.05) is 6.92 Å². The fraction of sp³-hybridized carbons (Fsp3) is 0.800. The minimum absolute atomic E-state index is 0.0819. The number of hydrogen-bond acceptors (Lipinski definition) is 6. The highest BCUT2D eigenvalue weighted by Gasteiger charge is 2.36. The Morgan fingerprint density at radius 1 is 1.21 bits per heavy atom. The van der Waals surface area contributed by atoms with E-state index in [2.05, 4.69) is 15.4 Å². The van der Waals surface area contributed by atoms with Gasteiger partial charge in [0.1, 0.15) is 10.6 Å². The van der Waals surface area contributed by atoms with Gasteiger partial charge in [-0.15, -0.1) is 0 Å². The Balaban J connectivity index is 1.45. The van der Waals surface area contributed by atoms with Gasteiger partial charge in [-0.05, 0) is 71.5 Å². The van der Waals surface area contributed by atoms with Gasteiger partial charge in [-0.1, -0.05) is 12.1 Å². The summed E-state index contributed by atoms with van der Waals surface area (Å²) >= 11 is 0. The molecule has 0 aliphatic carbocycles. The molecule has 1 atom stereocenters. The van der Waals surface area contributed by atoms with E-state index in [9.17, 15) is 13.2 Å². The summed E-state index contributed by atoms with van der Waals surface area (Å²) < 4.78 is 32.4. The molecular formula is C20H34N4O4S. The zero-order valence-corrected chi connectivity index (χ0v) is 18.6. The fourth-order valence-corrected chi connectivity index (χ4v) is 6.24. The first-order valence-electron chi connectivity index (χ1n) is 10.7. The lowest BCUT2D eigenvalue weighted by Crippen LogP contribution is -2.43. The Morgan fingerprint density at radius 3 is 2.45 bits per heavy atom. The number of piperidine rings is 1. The molecule has 2 saturated heterocycles. The number of sulfonamides is 1. The number of amides is 1. The van der Waals surface area contributed by atoms with Crippen molar-refractivity contribution < 1.29 is 17.7 Å². The van der Waals surface area contributed by atoms with E-state index in [1.54, 1.807) is 13.8 Å². The Hall–Kier alpha value is -1.45. The van der Waals surface area contributed by atoms with Crippen LogP contribution in [0.5, 0.6) is 0 Å². The molecule has 0 bridgehead atoms. The monoisotopic (exact) mass is 426 g/mol. The molecule has 0 unspecified atom stereocenters. The van der Waals surface area contributed by atoms with Crippen molar-refractivity contribution >= 4 is 15.9 Å². The molecule has 1 aromatic heterocycles. The maximum absolute atomic E-state index is 12.9. The fourth-order valence-electron chi connectivity index (χ4n) is 4.48. The molecule has 0 spiro atoms. The van der Waals surface area contributed by atoms with Gasteiger partial charge in [0, 0.05) is 25.6 Å². The van der Waals surface area contributed by atoms with Crippen molar-refractivity contribution in [2.45, 2.75) is 57.8 Å². The maximum Gasteiger partial charge on any atom is 0.248 e. The minimum Gasteiger partial charge on any atom is -0.360 e. The summed E-state index contributed by atoms with van der Waals surface area (Å²) in [6.45, 7) is 10.2. The van der Waals surface area contributed by atoms with E-state index >= 15 is 0 Å². The maximum atomic E-state index is 12.9. The van der Waals surface area contributed by atoms with Gasteiger partial charge in [-0.3, -0.25) is 4.79 Å². The molecule has 3 heterocycles. The van der Waals surface area contributed by atoms with Crippen LogP contribution < -0.4 is 5.32 Å². The van der Waals surface area contributed by atoms with Crippen molar-refractivity contribution in [2.24, 2.45) is 11.8 Å². The van der Waals surface area contributed by atoms with E-state index in [1.165, 1.54) is 30.2 Å². The second-order valence-electron chi connectivity index (χ2n) is 8.38. The molecule has 2 aliphatic heterocycles. The van der Waals surface area contributed by atoms with E-state index < -0.39 is 10.0 Å². The normalized spacial score (nSPS) is 20.8. The zero-order chi connectivity index (χ0) is 21.0. The van der Waals surface area contributed by atoms with Gasteiger partial charge >= 0.3 is 0 Å². The van der Waals surface area contributed by atoms with E-state index in [0.29, 0.717) is 43.9 Å². The highest BCUT2D eigenvalue weighted by Crippen LogP contribution is 2.30. The summed E-state index contributed by atoms with van der Waals surface area (Å²) in [5.74, 6) is 0.500. The molecule has 164 valence electrons. The van der Waals surface area contributed by atoms with Crippen molar-refractivity contribution in [1.82, 2.24) is 19.7 Å². The molecule has 0 saturated carbocycles. The second kappa shape index (κ2) is 9.57. The molecule has 2 fully saturated rings. The number of hydrogen-bond donors (Lipinski definition) is 1. The summed E-state index contributed by atoms with van der Waals surface area (Å²) in [4.78, 5) is 15.1. The molecule has 0 radical (unpaired) electrons. The standard InChI is InChI=1S/C20H34N4O4S/c1-15(20(25)21-9-6-12-23-10-4-5-11-23)18-7-13-24(14-8-18)29(26,27)19-16(2)22-28-17(19)3/h15,18H,4-14H2,1-3H3,(H,21,25)/t15-/m1/s1. The largest absolute Gasteiger partial charge is 0.360 e. The molecule has 1 aromatic rings. The van der Waals surface area contributed by atoms with Crippen LogP contribution in [0.1, 0.15) is 50.5 Å². The van der Waals surface area contributed by atoms with Gasteiger partial charge in [0.2, 0.25) is 15.9 Å². The van der Waals surface area contributed by atoms with Crippen molar-refractivity contribution in [3.63, 3.8) is 0 Å².